The number of rotatable bonds is 11. The first-order valence-corrected chi connectivity index (χ1v) is 10.2. The third-order valence-corrected chi connectivity index (χ3v) is 4.54. The molecule has 0 spiro atoms. The van der Waals surface area contributed by atoms with Gasteiger partial charge in [-0.15, -0.1) is 0 Å². The first-order chi connectivity index (χ1) is 14.5. The molecule has 30 heavy (non-hydrogen) atoms. The maximum atomic E-state index is 12.6. The number of benzene rings is 2. The summed E-state index contributed by atoms with van der Waals surface area (Å²) in [5.74, 6) is 1.09. The van der Waals surface area contributed by atoms with Gasteiger partial charge in [-0.25, -0.2) is 0 Å². The Labute approximate surface area is 178 Å². The van der Waals surface area contributed by atoms with Crippen molar-refractivity contribution < 1.29 is 19.1 Å². The molecule has 162 valence electrons. The lowest BCUT2D eigenvalue weighted by Gasteiger charge is -2.21. The predicted molar refractivity (Wildman–Crippen MR) is 120 cm³/mol. The van der Waals surface area contributed by atoms with E-state index in [9.17, 15) is 9.59 Å². The summed E-state index contributed by atoms with van der Waals surface area (Å²) in [6.07, 6.45) is 1.84. The normalized spacial score (nSPS) is 10.3. The van der Waals surface area contributed by atoms with Gasteiger partial charge < -0.3 is 25.0 Å². The number of hydrogen-bond donors (Lipinski definition) is 2. The smallest absolute Gasteiger partial charge is 0.253 e. The van der Waals surface area contributed by atoms with Crippen molar-refractivity contribution in [2.45, 2.75) is 26.7 Å². The summed E-state index contributed by atoms with van der Waals surface area (Å²) >= 11 is 0. The zero-order chi connectivity index (χ0) is 21.9. The second-order valence-corrected chi connectivity index (χ2v) is 6.84. The molecule has 2 amide bonds. The molecule has 0 atom stereocenters. The quantitative estimate of drug-likeness (QED) is 0.582. The number of carbonyl (C=O) groups excluding carboxylic acids is 2. The van der Waals surface area contributed by atoms with Crippen LogP contribution < -0.4 is 20.1 Å². The average Bonchev–Trinajstić information content (AvgIpc) is 2.77. The van der Waals surface area contributed by atoms with E-state index in [1.54, 1.807) is 56.7 Å². The molecule has 0 saturated carbocycles. The van der Waals surface area contributed by atoms with E-state index in [0.717, 1.165) is 25.9 Å². The highest BCUT2D eigenvalue weighted by molar-refractivity contribution is 5.96. The minimum absolute atomic E-state index is 0.0170. The Hall–Kier alpha value is -3.22. The molecule has 2 rings (SSSR count). The monoisotopic (exact) mass is 413 g/mol. The number of carbonyl (C=O) groups is 2. The van der Waals surface area contributed by atoms with Crippen molar-refractivity contribution in [2.24, 2.45) is 0 Å². The molecule has 0 aliphatic carbocycles. The lowest BCUT2D eigenvalue weighted by atomic mass is 10.1. The van der Waals surface area contributed by atoms with Gasteiger partial charge in [-0.1, -0.05) is 13.8 Å². The summed E-state index contributed by atoms with van der Waals surface area (Å²) in [6.45, 7) is 5.66. The van der Waals surface area contributed by atoms with E-state index < -0.39 is 0 Å². The summed E-state index contributed by atoms with van der Waals surface area (Å²) in [6, 6.07) is 12.3. The van der Waals surface area contributed by atoms with Gasteiger partial charge in [0.1, 0.15) is 11.5 Å². The van der Waals surface area contributed by atoms with Crippen LogP contribution in [0, 0.1) is 0 Å². The van der Waals surface area contributed by atoms with Gasteiger partial charge in [-0.3, -0.25) is 9.59 Å². The Kier molecular flexibility index (Phi) is 9.00. The Morgan fingerprint density at radius 3 is 2.17 bits per heavy atom. The van der Waals surface area contributed by atoms with Crippen molar-refractivity contribution in [1.82, 2.24) is 4.90 Å². The van der Waals surface area contributed by atoms with Crippen LogP contribution in [0.1, 0.15) is 37.0 Å². The highest BCUT2D eigenvalue weighted by atomic mass is 16.5. The number of amides is 2. The van der Waals surface area contributed by atoms with Gasteiger partial charge in [-0.2, -0.15) is 0 Å². The lowest BCUT2D eigenvalue weighted by Crippen LogP contribution is -2.32. The molecule has 0 aliphatic heterocycles. The topological polar surface area (TPSA) is 79.9 Å². The van der Waals surface area contributed by atoms with Crippen molar-refractivity contribution in [2.75, 3.05) is 44.5 Å². The van der Waals surface area contributed by atoms with Crippen LogP contribution in [-0.2, 0) is 4.79 Å². The van der Waals surface area contributed by atoms with Gasteiger partial charge in [0.05, 0.1) is 26.5 Å². The standard InChI is InChI=1S/C23H31N3O4/c1-5-13-26(14-6-2)23(28)17-7-9-18(10-8-17)25-22(27)16-24-20-15-19(29-3)11-12-21(20)30-4/h7-12,15,24H,5-6,13-14,16H2,1-4H3,(H,25,27). The Balaban J connectivity index is 1.95. The molecule has 0 bridgehead atoms. The molecule has 7 nitrogen and oxygen atoms in total. The van der Waals surface area contributed by atoms with Crippen molar-refractivity contribution >= 4 is 23.2 Å². The molecule has 0 radical (unpaired) electrons. The van der Waals surface area contributed by atoms with E-state index in [-0.39, 0.29) is 18.4 Å². The fourth-order valence-corrected chi connectivity index (χ4v) is 3.07. The molecule has 2 N–H and O–H groups in total. The zero-order valence-corrected chi connectivity index (χ0v) is 18.2. The summed E-state index contributed by atoms with van der Waals surface area (Å²) < 4.78 is 10.5. The van der Waals surface area contributed by atoms with Gasteiger partial charge in [0.2, 0.25) is 5.91 Å². The second-order valence-electron chi connectivity index (χ2n) is 6.84. The highest BCUT2D eigenvalue weighted by Crippen LogP contribution is 2.28. The van der Waals surface area contributed by atoms with E-state index in [1.807, 2.05) is 4.90 Å². The minimum Gasteiger partial charge on any atom is -0.497 e. The van der Waals surface area contributed by atoms with Crippen molar-refractivity contribution in [1.29, 1.82) is 0 Å². The molecule has 7 heteroatoms. The van der Waals surface area contributed by atoms with Crippen molar-refractivity contribution in [3.8, 4) is 11.5 Å². The zero-order valence-electron chi connectivity index (χ0n) is 18.2. The van der Waals surface area contributed by atoms with Crippen LogP contribution >= 0.6 is 0 Å². The highest BCUT2D eigenvalue weighted by Gasteiger charge is 2.14. The van der Waals surface area contributed by atoms with Crippen LogP contribution in [0.25, 0.3) is 0 Å². The summed E-state index contributed by atoms with van der Waals surface area (Å²) in [5.41, 5.74) is 1.92. The van der Waals surface area contributed by atoms with Crippen LogP contribution in [0.4, 0.5) is 11.4 Å². The Bertz CT molecular complexity index is 831. The Morgan fingerprint density at radius 2 is 1.60 bits per heavy atom. The summed E-state index contributed by atoms with van der Waals surface area (Å²) in [4.78, 5) is 26.8. The maximum Gasteiger partial charge on any atom is 0.253 e. The summed E-state index contributed by atoms with van der Waals surface area (Å²) in [5, 5.41) is 5.88. The molecule has 2 aromatic carbocycles. The van der Waals surface area contributed by atoms with E-state index in [1.165, 1.54) is 0 Å². The number of nitrogens with zero attached hydrogens (tertiary/aromatic N) is 1. The van der Waals surface area contributed by atoms with E-state index in [2.05, 4.69) is 24.5 Å². The largest absolute Gasteiger partial charge is 0.497 e. The van der Waals surface area contributed by atoms with Gasteiger partial charge in [0, 0.05) is 30.4 Å². The van der Waals surface area contributed by atoms with Crippen molar-refractivity contribution in [3.05, 3.63) is 48.0 Å². The third kappa shape index (κ3) is 6.40. The minimum atomic E-state index is -0.211. The SMILES string of the molecule is CCCN(CCC)C(=O)c1ccc(NC(=O)CNc2cc(OC)ccc2OC)cc1. The van der Waals surface area contributed by atoms with Crippen molar-refractivity contribution in [3.63, 3.8) is 0 Å². The molecule has 0 heterocycles. The molecule has 0 saturated heterocycles. The van der Waals surface area contributed by atoms with Crippen LogP contribution in [0.15, 0.2) is 42.5 Å². The van der Waals surface area contributed by atoms with Crippen LogP contribution in [0.3, 0.4) is 0 Å². The van der Waals surface area contributed by atoms with Crippen LogP contribution in [0.2, 0.25) is 0 Å². The molecule has 0 aliphatic rings. The predicted octanol–water partition coefficient (Wildman–Crippen LogP) is 4.02. The molecular weight excluding hydrogens is 382 g/mol. The first-order valence-electron chi connectivity index (χ1n) is 10.2. The van der Waals surface area contributed by atoms with Gasteiger partial charge in [0.25, 0.3) is 5.91 Å². The van der Waals surface area contributed by atoms with E-state index in [0.29, 0.717) is 28.4 Å². The first kappa shape index (κ1) is 23.1. The number of methoxy groups -OCH3 is 2. The molecule has 2 aromatic rings. The molecule has 0 aromatic heterocycles. The fraction of sp³-hybridized carbons (Fsp3) is 0.391. The number of hydrogen-bond acceptors (Lipinski definition) is 5. The molecule has 0 fully saturated rings. The number of ether oxygens (including phenoxy) is 2. The van der Waals surface area contributed by atoms with E-state index in [4.69, 9.17) is 9.47 Å². The van der Waals surface area contributed by atoms with Gasteiger partial charge in [0.15, 0.2) is 0 Å². The van der Waals surface area contributed by atoms with Crippen LogP contribution in [-0.4, -0.2) is 50.6 Å². The second kappa shape index (κ2) is 11.7. The number of nitrogens with one attached hydrogen (secondary N) is 2. The number of anilines is 2. The van der Waals surface area contributed by atoms with Gasteiger partial charge in [-0.05, 0) is 49.2 Å². The summed E-state index contributed by atoms with van der Waals surface area (Å²) in [7, 11) is 3.15. The average molecular weight is 414 g/mol. The molecule has 0 unspecified atom stereocenters. The van der Waals surface area contributed by atoms with Crippen LogP contribution in [0.5, 0.6) is 11.5 Å². The fourth-order valence-electron chi connectivity index (χ4n) is 3.07. The Morgan fingerprint density at radius 1 is 0.933 bits per heavy atom. The van der Waals surface area contributed by atoms with Gasteiger partial charge >= 0.3 is 0 Å². The lowest BCUT2D eigenvalue weighted by molar-refractivity contribution is -0.114. The van der Waals surface area contributed by atoms with E-state index >= 15 is 0 Å². The molecular formula is C23H31N3O4. The maximum absolute atomic E-state index is 12.6. The third-order valence-electron chi connectivity index (χ3n) is 4.54.